The number of hydrogen-bond donors (Lipinski definition) is 1. The second kappa shape index (κ2) is 9.00. The first-order chi connectivity index (χ1) is 14.8. The molecular weight excluding hydrogens is 528 g/mol. The summed E-state index contributed by atoms with van der Waals surface area (Å²) in [6, 6.07) is 7.95. The first-order valence-electron chi connectivity index (χ1n) is 8.82. The summed E-state index contributed by atoms with van der Waals surface area (Å²) in [5.74, 6) is -0.609. The first-order valence-corrected chi connectivity index (χ1v) is 11.1. The van der Waals surface area contributed by atoms with Gasteiger partial charge in [0.1, 0.15) is 5.82 Å². The van der Waals surface area contributed by atoms with Crippen LogP contribution in [0.15, 0.2) is 70.1 Å². The molecule has 0 spiro atoms. The van der Waals surface area contributed by atoms with Crippen LogP contribution in [0, 0.1) is 5.82 Å². The third-order valence-corrected chi connectivity index (χ3v) is 6.89. The Morgan fingerprint density at radius 3 is 2.38 bits per heavy atom. The number of sulfonamides is 1. The Balaban J connectivity index is 2.03. The molecule has 0 aliphatic heterocycles. The quantitative estimate of drug-likeness (QED) is 0.370. The molecule has 0 aromatic heterocycles. The molecule has 2 aromatic rings. The van der Waals surface area contributed by atoms with Crippen molar-refractivity contribution >= 4 is 31.5 Å². The Labute approximate surface area is 187 Å². The van der Waals surface area contributed by atoms with Gasteiger partial charge in [-0.25, -0.2) is 12.8 Å². The summed E-state index contributed by atoms with van der Waals surface area (Å²) in [4.78, 5) is -0.799. The van der Waals surface area contributed by atoms with E-state index in [2.05, 4.69) is 20.7 Å². The molecule has 32 heavy (non-hydrogen) atoms. The Morgan fingerprint density at radius 2 is 1.75 bits per heavy atom. The molecule has 0 amide bonds. The van der Waals surface area contributed by atoms with Crippen molar-refractivity contribution in [2.45, 2.75) is 29.8 Å². The van der Waals surface area contributed by atoms with E-state index in [4.69, 9.17) is 0 Å². The molecule has 3 rings (SSSR count). The third kappa shape index (κ3) is 5.42. The van der Waals surface area contributed by atoms with Crippen molar-refractivity contribution < 1.29 is 39.5 Å². The van der Waals surface area contributed by atoms with E-state index in [0.29, 0.717) is 12.1 Å². The van der Waals surface area contributed by atoms with Crippen molar-refractivity contribution in [3.05, 3.63) is 82.1 Å². The van der Waals surface area contributed by atoms with Gasteiger partial charge in [0.25, 0.3) is 0 Å². The number of ether oxygens (including phenoxy) is 1. The maximum atomic E-state index is 13.6. The van der Waals surface area contributed by atoms with Crippen LogP contribution in [0.3, 0.4) is 0 Å². The number of nitrogens with one attached hydrogen (secondary N) is 1. The van der Waals surface area contributed by atoms with Crippen molar-refractivity contribution in [2.24, 2.45) is 0 Å². The lowest BCUT2D eigenvalue weighted by molar-refractivity contribution is -0.194. The zero-order valence-corrected chi connectivity index (χ0v) is 18.2. The zero-order valence-electron chi connectivity index (χ0n) is 15.8. The van der Waals surface area contributed by atoms with Gasteiger partial charge in [-0.05, 0) is 47.5 Å². The Morgan fingerprint density at radius 1 is 1.06 bits per heavy atom. The van der Waals surface area contributed by atoms with Crippen LogP contribution >= 0.6 is 15.9 Å². The van der Waals surface area contributed by atoms with Crippen LogP contribution in [0.2, 0.25) is 0 Å². The van der Waals surface area contributed by atoms with Gasteiger partial charge < -0.3 is 0 Å². The number of alkyl halides is 5. The molecule has 172 valence electrons. The highest BCUT2D eigenvalue weighted by Gasteiger charge is 2.44. The van der Waals surface area contributed by atoms with Crippen LogP contribution < -0.4 is 4.72 Å². The van der Waals surface area contributed by atoms with E-state index in [9.17, 15) is 34.8 Å². The predicted molar refractivity (Wildman–Crippen MR) is 108 cm³/mol. The van der Waals surface area contributed by atoms with E-state index in [0.717, 1.165) is 24.3 Å². The Kier molecular flexibility index (Phi) is 6.89. The summed E-state index contributed by atoms with van der Waals surface area (Å²) in [6.07, 6.45) is -2.64. The third-order valence-electron chi connectivity index (χ3n) is 4.51. The number of rotatable bonds is 6. The van der Waals surface area contributed by atoms with Gasteiger partial charge in [-0.15, -0.1) is 0 Å². The maximum Gasteiger partial charge on any atom is 0.416 e. The molecular formula is C20H14BrF6NO3S. The van der Waals surface area contributed by atoms with E-state index in [1.165, 1.54) is 24.3 Å². The average Bonchev–Trinajstić information content (AvgIpc) is 2.69. The summed E-state index contributed by atoms with van der Waals surface area (Å²) >= 11 is 3.00. The van der Waals surface area contributed by atoms with Crippen molar-refractivity contribution in [1.82, 2.24) is 4.72 Å². The van der Waals surface area contributed by atoms with Crippen LogP contribution in [0.1, 0.15) is 17.5 Å². The van der Waals surface area contributed by atoms with Crippen molar-refractivity contribution in [3.63, 3.8) is 0 Å². The molecule has 1 aliphatic rings. The van der Waals surface area contributed by atoms with Gasteiger partial charge in [-0.3, -0.25) is 4.74 Å². The van der Waals surface area contributed by atoms with Crippen LogP contribution in [-0.2, 0) is 20.9 Å². The summed E-state index contributed by atoms with van der Waals surface area (Å²) in [7, 11) is -4.77. The molecule has 0 bridgehead atoms. The molecule has 0 fully saturated rings. The standard InChI is InChI=1S/C20H14BrF6NO3S/c21-17-8-7-13(12-3-1-5-15(22)9-12)11-19(17,31-18(23)24)28-32(29,30)16-6-2-4-14(10-16)20(25,26)27/h1-10,18,28H,11H2. The fraction of sp³-hybridized carbons (Fsp3) is 0.200. The fourth-order valence-electron chi connectivity index (χ4n) is 3.08. The second-order valence-electron chi connectivity index (χ2n) is 6.73. The Hall–Kier alpha value is -2.15. The Bertz CT molecular complexity index is 1180. The molecule has 1 atom stereocenters. The topological polar surface area (TPSA) is 55.4 Å². The minimum Gasteiger partial charge on any atom is -0.295 e. The number of benzene rings is 2. The molecule has 1 N–H and O–H groups in total. The molecule has 0 heterocycles. The highest BCUT2D eigenvalue weighted by atomic mass is 79.9. The maximum absolute atomic E-state index is 13.6. The van der Waals surface area contributed by atoms with Gasteiger partial charge in [0, 0.05) is 10.9 Å². The van der Waals surface area contributed by atoms with E-state index < -0.39 is 51.2 Å². The molecule has 2 aromatic carbocycles. The predicted octanol–water partition coefficient (Wildman–Crippen LogP) is 5.82. The van der Waals surface area contributed by atoms with Crippen LogP contribution in [0.4, 0.5) is 26.3 Å². The van der Waals surface area contributed by atoms with Crippen LogP contribution in [0.25, 0.3) is 5.57 Å². The monoisotopic (exact) mass is 541 g/mol. The van der Waals surface area contributed by atoms with E-state index in [1.54, 1.807) is 0 Å². The first kappa shape index (κ1) is 24.5. The minimum atomic E-state index is -4.82. The van der Waals surface area contributed by atoms with Crippen LogP contribution in [-0.4, -0.2) is 20.8 Å². The molecule has 4 nitrogen and oxygen atoms in total. The zero-order chi connectivity index (χ0) is 23.7. The summed E-state index contributed by atoms with van der Waals surface area (Å²) < 4.78 is 111. The normalized spacial score (nSPS) is 19.6. The van der Waals surface area contributed by atoms with Gasteiger partial charge in [-0.1, -0.05) is 40.2 Å². The lowest BCUT2D eigenvalue weighted by Gasteiger charge is -2.36. The number of allylic oxidation sites excluding steroid dienone is 2. The highest BCUT2D eigenvalue weighted by molar-refractivity contribution is 9.11. The van der Waals surface area contributed by atoms with Gasteiger partial charge in [0.05, 0.1) is 10.5 Å². The average molecular weight is 542 g/mol. The molecule has 0 saturated carbocycles. The van der Waals surface area contributed by atoms with Gasteiger partial charge in [0.2, 0.25) is 10.0 Å². The second-order valence-corrected chi connectivity index (χ2v) is 9.27. The van der Waals surface area contributed by atoms with Gasteiger partial charge in [0.15, 0.2) is 5.72 Å². The van der Waals surface area contributed by atoms with Crippen LogP contribution in [0.5, 0.6) is 0 Å². The molecule has 1 unspecified atom stereocenters. The molecule has 0 saturated heterocycles. The highest BCUT2D eigenvalue weighted by Crippen LogP contribution is 2.41. The van der Waals surface area contributed by atoms with E-state index in [-0.39, 0.29) is 15.6 Å². The van der Waals surface area contributed by atoms with Crippen molar-refractivity contribution in [1.29, 1.82) is 0 Å². The van der Waals surface area contributed by atoms with Crippen molar-refractivity contribution in [3.8, 4) is 0 Å². The number of hydrogen-bond acceptors (Lipinski definition) is 3. The lowest BCUT2D eigenvalue weighted by Crippen LogP contribution is -2.52. The smallest absolute Gasteiger partial charge is 0.295 e. The van der Waals surface area contributed by atoms with E-state index >= 15 is 0 Å². The summed E-state index contributed by atoms with van der Waals surface area (Å²) in [5, 5.41) is 0. The lowest BCUT2D eigenvalue weighted by atomic mass is 9.92. The molecule has 12 heteroatoms. The SMILES string of the molecule is O=S(=O)(NC1(OC(F)F)CC(c2cccc(F)c2)=CC=C1Br)c1cccc(C(F)(F)F)c1. The number of halogens is 7. The largest absolute Gasteiger partial charge is 0.416 e. The van der Waals surface area contributed by atoms with Gasteiger partial charge in [-0.2, -0.15) is 26.7 Å². The van der Waals surface area contributed by atoms with Gasteiger partial charge >= 0.3 is 12.8 Å². The fourth-order valence-corrected chi connectivity index (χ4v) is 5.00. The molecule has 1 aliphatic carbocycles. The molecule has 0 radical (unpaired) electrons. The van der Waals surface area contributed by atoms with E-state index in [1.807, 2.05) is 4.72 Å². The van der Waals surface area contributed by atoms with Crippen molar-refractivity contribution in [2.75, 3.05) is 0 Å². The minimum absolute atomic E-state index is 0.152. The summed E-state index contributed by atoms with van der Waals surface area (Å²) in [5.41, 5.74) is -3.10. The summed E-state index contributed by atoms with van der Waals surface area (Å²) in [6.45, 7) is -3.45.